The Hall–Kier alpha value is -4.96. The highest BCUT2D eigenvalue weighted by Crippen LogP contribution is 2.48. The number of halogens is 2. The van der Waals surface area contributed by atoms with Crippen LogP contribution in [0.1, 0.15) is 131 Å². The third kappa shape index (κ3) is 7.67. The van der Waals surface area contributed by atoms with Gasteiger partial charge in [0, 0.05) is 29.3 Å². The number of hydrogen-bond acceptors (Lipinski definition) is 4. The van der Waals surface area contributed by atoms with Crippen molar-refractivity contribution in [2.45, 2.75) is 111 Å². The Morgan fingerprint density at radius 2 is 1.48 bits per heavy atom. The van der Waals surface area contributed by atoms with Gasteiger partial charge in [0.2, 0.25) is 0 Å². The summed E-state index contributed by atoms with van der Waals surface area (Å²) in [6.07, 6.45) is 12.7. The zero-order valence-corrected chi connectivity index (χ0v) is 32.0. The molecular weight excluding hydrogens is 677 g/mol. The van der Waals surface area contributed by atoms with Crippen molar-refractivity contribution >= 4 is 17.0 Å². The third-order valence-corrected chi connectivity index (χ3v) is 11.4. The quantitative estimate of drug-likeness (QED) is 0.156. The standard InChI is InChI=1S/C47H51F2N3O2/c1-5-31-18-13-19-32(6-2)46(31)54-47(44-40(53-39-25-24-36(48)26-37(39)49)27-38(51-44)33-14-9-7-10-15-33)45-41(29(3)4)42(34-22-20-30(28-50)21-23-34)43(52-45)35-16-11-8-12-17-35/h13,18-27,29,33,35,51H,5-12,14-17H2,1-4H3/b47-45+. The number of rotatable bonds is 11. The first-order chi connectivity index (χ1) is 26.3. The minimum atomic E-state index is -0.773. The molecule has 280 valence electrons. The molecule has 0 bridgehead atoms. The average molecular weight is 728 g/mol. The van der Waals surface area contributed by atoms with E-state index < -0.39 is 11.6 Å². The van der Waals surface area contributed by atoms with E-state index in [1.807, 2.05) is 30.3 Å². The van der Waals surface area contributed by atoms with Crippen LogP contribution < -0.4 is 9.47 Å². The van der Waals surface area contributed by atoms with Gasteiger partial charge in [-0.3, -0.25) is 0 Å². The first-order valence-electron chi connectivity index (χ1n) is 20.0. The summed E-state index contributed by atoms with van der Waals surface area (Å²) in [4.78, 5) is 9.40. The summed E-state index contributed by atoms with van der Waals surface area (Å²) in [6, 6.07) is 21.8. The fraction of sp³-hybridized carbons (Fsp3) is 0.404. The summed E-state index contributed by atoms with van der Waals surface area (Å²) in [5, 5.41) is 9.65. The van der Waals surface area contributed by atoms with Crippen molar-refractivity contribution in [1.29, 1.82) is 5.26 Å². The summed E-state index contributed by atoms with van der Waals surface area (Å²) in [5.41, 5.74) is 9.36. The second kappa shape index (κ2) is 16.6. The average Bonchev–Trinajstić information content (AvgIpc) is 3.81. The van der Waals surface area contributed by atoms with Gasteiger partial charge in [0.1, 0.15) is 23.0 Å². The Balaban J connectivity index is 1.53. The van der Waals surface area contributed by atoms with E-state index in [1.54, 1.807) is 0 Å². The largest absolute Gasteiger partial charge is 0.452 e. The molecule has 0 spiro atoms. The van der Waals surface area contributed by atoms with Crippen LogP contribution in [0, 0.1) is 34.8 Å². The third-order valence-electron chi connectivity index (χ3n) is 11.4. The van der Waals surface area contributed by atoms with Crippen LogP contribution in [0.5, 0.6) is 17.2 Å². The number of aliphatic imine (C=N–C) groups is 1. The van der Waals surface area contributed by atoms with E-state index in [2.05, 4.69) is 56.9 Å². The molecule has 3 aliphatic rings. The molecule has 1 aromatic heterocycles. The molecule has 7 heteroatoms. The van der Waals surface area contributed by atoms with E-state index in [1.165, 1.54) is 25.0 Å². The molecular formula is C47H51F2N3O2. The molecule has 1 N–H and O–H groups in total. The Bertz CT molecular complexity index is 2100. The Labute approximate surface area is 318 Å². The van der Waals surface area contributed by atoms with E-state index in [0.717, 1.165) is 121 Å². The number of hydrogen-bond donors (Lipinski definition) is 1. The number of nitrogens with one attached hydrogen (secondary N) is 1. The maximum Gasteiger partial charge on any atom is 0.180 e. The number of H-pyrrole nitrogens is 1. The number of aryl methyl sites for hydroxylation is 2. The van der Waals surface area contributed by atoms with Crippen LogP contribution in [-0.4, -0.2) is 10.7 Å². The fourth-order valence-electron chi connectivity index (χ4n) is 8.57. The number of nitrogens with zero attached hydrogens (tertiary/aromatic N) is 2. The Morgan fingerprint density at radius 3 is 2.07 bits per heavy atom. The molecule has 0 amide bonds. The number of aromatic nitrogens is 1. The van der Waals surface area contributed by atoms with Crippen molar-refractivity contribution in [1.82, 2.24) is 4.98 Å². The predicted molar refractivity (Wildman–Crippen MR) is 213 cm³/mol. The monoisotopic (exact) mass is 727 g/mol. The summed E-state index contributed by atoms with van der Waals surface area (Å²) in [6.45, 7) is 8.66. The van der Waals surface area contributed by atoms with Crippen molar-refractivity contribution in [2.75, 3.05) is 0 Å². The van der Waals surface area contributed by atoms with E-state index in [-0.39, 0.29) is 23.5 Å². The molecule has 2 fully saturated rings. The molecule has 0 atom stereocenters. The van der Waals surface area contributed by atoms with Gasteiger partial charge in [-0.1, -0.05) is 96.6 Å². The highest BCUT2D eigenvalue weighted by atomic mass is 19.1. The Kier molecular flexibility index (Phi) is 11.5. The SMILES string of the molecule is CCc1cccc(CC)c1O/C(=C1/N=C(C2CCCCC2)C(c2ccc(C#N)cc2)=C1C(C)C)c1[nH]c(C2CCCCC2)cc1Oc1ccc(F)cc1F. The normalized spacial score (nSPS) is 17.9. The smallest absolute Gasteiger partial charge is 0.180 e. The van der Waals surface area contributed by atoms with Crippen LogP contribution in [0.15, 0.2) is 83.0 Å². The molecule has 4 aromatic rings. The second-order valence-electron chi connectivity index (χ2n) is 15.3. The lowest BCUT2D eigenvalue weighted by Gasteiger charge is -2.24. The fourth-order valence-corrected chi connectivity index (χ4v) is 8.57. The van der Waals surface area contributed by atoms with E-state index >= 15 is 4.39 Å². The summed E-state index contributed by atoms with van der Waals surface area (Å²) in [7, 11) is 0. The van der Waals surface area contributed by atoms with Crippen LogP contribution in [0.3, 0.4) is 0 Å². The van der Waals surface area contributed by atoms with Gasteiger partial charge >= 0.3 is 0 Å². The van der Waals surface area contributed by atoms with Gasteiger partial charge in [-0.05, 0) is 96.9 Å². The van der Waals surface area contributed by atoms with Crippen LogP contribution >= 0.6 is 0 Å². The summed E-state index contributed by atoms with van der Waals surface area (Å²) >= 11 is 0. The van der Waals surface area contributed by atoms with Gasteiger partial charge in [0.05, 0.1) is 17.3 Å². The van der Waals surface area contributed by atoms with Gasteiger partial charge in [-0.15, -0.1) is 0 Å². The zero-order valence-electron chi connectivity index (χ0n) is 32.0. The van der Waals surface area contributed by atoms with Crippen molar-refractivity contribution in [3.63, 3.8) is 0 Å². The van der Waals surface area contributed by atoms with E-state index in [0.29, 0.717) is 22.8 Å². The molecule has 0 saturated heterocycles. The number of benzene rings is 3. The van der Waals surface area contributed by atoms with E-state index in [9.17, 15) is 9.65 Å². The van der Waals surface area contributed by atoms with Crippen molar-refractivity contribution in [3.8, 4) is 23.3 Å². The van der Waals surface area contributed by atoms with Crippen LogP contribution in [0.4, 0.5) is 8.78 Å². The van der Waals surface area contributed by atoms with Crippen molar-refractivity contribution < 1.29 is 18.3 Å². The van der Waals surface area contributed by atoms with Crippen molar-refractivity contribution in [2.24, 2.45) is 16.8 Å². The molecule has 5 nitrogen and oxygen atoms in total. The highest BCUT2D eigenvalue weighted by Gasteiger charge is 2.37. The topological polar surface area (TPSA) is 70.4 Å². The molecule has 3 aromatic carbocycles. The minimum Gasteiger partial charge on any atom is -0.452 e. The molecule has 0 radical (unpaired) electrons. The van der Waals surface area contributed by atoms with Gasteiger partial charge in [0.25, 0.3) is 0 Å². The van der Waals surface area contributed by atoms with E-state index in [4.69, 9.17) is 14.5 Å². The van der Waals surface area contributed by atoms with Crippen LogP contribution in [-0.2, 0) is 12.8 Å². The maximum atomic E-state index is 15.3. The number of allylic oxidation sites excluding steroid dienone is 2. The number of para-hydroxylation sites is 1. The molecule has 2 saturated carbocycles. The van der Waals surface area contributed by atoms with Crippen LogP contribution in [0.2, 0.25) is 0 Å². The number of nitriles is 1. The van der Waals surface area contributed by atoms with Gasteiger partial charge < -0.3 is 14.5 Å². The number of ether oxygens (including phenoxy) is 2. The molecule has 2 heterocycles. The zero-order chi connectivity index (χ0) is 37.8. The molecule has 7 rings (SSSR count). The van der Waals surface area contributed by atoms with Gasteiger partial charge in [0.15, 0.2) is 23.1 Å². The summed E-state index contributed by atoms with van der Waals surface area (Å²) < 4.78 is 43.2. The number of aromatic amines is 1. The predicted octanol–water partition coefficient (Wildman–Crippen LogP) is 13.0. The first kappa shape index (κ1) is 37.4. The van der Waals surface area contributed by atoms with Crippen LogP contribution in [0.25, 0.3) is 11.3 Å². The lowest BCUT2D eigenvalue weighted by atomic mass is 9.79. The summed E-state index contributed by atoms with van der Waals surface area (Å²) in [5.74, 6) is 0.856. The van der Waals surface area contributed by atoms with Gasteiger partial charge in [-0.25, -0.2) is 13.8 Å². The second-order valence-corrected chi connectivity index (χ2v) is 15.3. The molecule has 54 heavy (non-hydrogen) atoms. The van der Waals surface area contributed by atoms with Crippen molar-refractivity contribution in [3.05, 3.63) is 123 Å². The first-order valence-corrected chi connectivity index (χ1v) is 20.0. The van der Waals surface area contributed by atoms with Gasteiger partial charge in [-0.2, -0.15) is 5.26 Å². The lowest BCUT2D eigenvalue weighted by molar-refractivity contribution is 0.429. The highest BCUT2D eigenvalue weighted by molar-refractivity contribution is 6.29. The minimum absolute atomic E-state index is 0.0489. The molecule has 0 unspecified atom stereocenters. The Morgan fingerprint density at radius 1 is 0.833 bits per heavy atom. The molecule has 2 aliphatic carbocycles. The molecule has 1 aliphatic heterocycles. The maximum absolute atomic E-state index is 15.3. The lowest BCUT2D eigenvalue weighted by Crippen LogP contribution is -2.18.